The summed E-state index contributed by atoms with van der Waals surface area (Å²) in [5.74, 6) is -0.389. The lowest BCUT2D eigenvalue weighted by Crippen LogP contribution is -1.95. The van der Waals surface area contributed by atoms with Gasteiger partial charge in [-0.05, 0) is 18.6 Å². The first-order valence-electron chi connectivity index (χ1n) is 5.47. The molecule has 0 aliphatic carbocycles. The van der Waals surface area contributed by atoms with Gasteiger partial charge in [0.25, 0.3) is 0 Å². The van der Waals surface area contributed by atoms with Gasteiger partial charge in [-0.1, -0.05) is 13.0 Å². The highest BCUT2D eigenvalue weighted by atomic mass is 19.1. The van der Waals surface area contributed by atoms with Gasteiger partial charge in [-0.15, -0.1) is 0 Å². The normalized spacial score (nSPS) is 10.2. The molecule has 0 aliphatic rings. The van der Waals surface area contributed by atoms with Crippen LogP contribution in [0.3, 0.4) is 0 Å². The summed E-state index contributed by atoms with van der Waals surface area (Å²) < 4.78 is 15.5. The van der Waals surface area contributed by atoms with E-state index >= 15 is 0 Å². The van der Waals surface area contributed by atoms with Gasteiger partial charge >= 0.3 is 0 Å². The van der Waals surface area contributed by atoms with Crippen LogP contribution in [0.1, 0.15) is 18.9 Å². The van der Waals surface area contributed by atoms with Crippen molar-refractivity contribution in [3.8, 4) is 17.2 Å². The monoisotopic (exact) mass is 229 g/mol. The summed E-state index contributed by atoms with van der Waals surface area (Å²) in [6.07, 6.45) is 4.44. The zero-order valence-corrected chi connectivity index (χ0v) is 9.52. The Morgan fingerprint density at radius 3 is 2.94 bits per heavy atom. The number of rotatable bonds is 3. The fourth-order valence-corrected chi connectivity index (χ4v) is 1.67. The van der Waals surface area contributed by atoms with E-state index < -0.39 is 0 Å². The molecule has 17 heavy (non-hydrogen) atoms. The minimum atomic E-state index is -0.389. The minimum Gasteiger partial charge on any atom is -0.272 e. The SMILES string of the molecule is CCCn1cc(-c2ccc(C#N)cc2F)cn1. The van der Waals surface area contributed by atoms with Gasteiger partial charge in [0.05, 0.1) is 17.8 Å². The van der Waals surface area contributed by atoms with Crippen LogP contribution in [0, 0.1) is 17.1 Å². The number of hydrogen-bond donors (Lipinski definition) is 0. The fourth-order valence-electron chi connectivity index (χ4n) is 1.67. The summed E-state index contributed by atoms with van der Waals surface area (Å²) >= 11 is 0. The van der Waals surface area contributed by atoms with Gasteiger partial charge in [0.1, 0.15) is 5.82 Å². The van der Waals surface area contributed by atoms with Gasteiger partial charge in [0, 0.05) is 23.9 Å². The lowest BCUT2D eigenvalue weighted by molar-refractivity contribution is 0.602. The minimum absolute atomic E-state index is 0.326. The Bertz CT molecular complexity index is 566. The topological polar surface area (TPSA) is 41.6 Å². The molecule has 0 unspecified atom stereocenters. The molecule has 3 nitrogen and oxygen atoms in total. The van der Waals surface area contributed by atoms with E-state index in [0.717, 1.165) is 18.5 Å². The van der Waals surface area contributed by atoms with Crippen molar-refractivity contribution >= 4 is 0 Å². The van der Waals surface area contributed by atoms with E-state index in [2.05, 4.69) is 12.0 Å². The molecule has 1 aromatic heterocycles. The van der Waals surface area contributed by atoms with Gasteiger partial charge in [0.2, 0.25) is 0 Å². The third-order valence-corrected chi connectivity index (χ3v) is 2.50. The molecule has 2 aromatic rings. The second-order valence-corrected chi connectivity index (χ2v) is 3.80. The molecule has 1 heterocycles. The van der Waals surface area contributed by atoms with Gasteiger partial charge in [-0.3, -0.25) is 4.68 Å². The van der Waals surface area contributed by atoms with Crippen molar-refractivity contribution in [1.29, 1.82) is 5.26 Å². The van der Waals surface area contributed by atoms with Crippen LogP contribution in [-0.2, 0) is 6.54 Å². The number of aromatic nitrogens is 2. The molecular formula is C13H12FN3. The molecule has 0 N–H and O–H groups in total. The lowest BCUT2D eigenvalue weighted by atomic mass is 10.1. The smallest absolute Gasteiger partial charge is 0.132 e. The summed E-state index contributed by atoms with van der Waals surface area (Å²) in [6, 6.07) is 6.37. The van der Waals surface area contributed by atoms with E-state index in [9.17, 15) is 4.39 Å². The number of nitrogens with zero attached hydrogens (tertiary/aromatic N) is 3. The molecular weight excluding hydrogens is 217 g/mol. The zero-order chi connectivity index (χ0) is 12.3. The van der Waals surface area contributed by atoms with Crippen LogP contribution in [0.4, 0.5) is 4.39 Å². The zero-order valence-electron chi connectivity index (χ0n) is 9.52. The highest BCUT2D eigenvalue weighted by Gasteiger charge is 2.08. The Morgan fingerprint density at radius 1 is 1.47 bits per heavy atom. The van der Waals surface area contributed by atoms with Crippen molar-refractivity contribution in [3.05, 3.63) is 42.0 Å². The van der Waals surface area contributed by atoms with Gasteiger partial charge in [-0.2, -0.15) is 10.4 Å². The van der Waals surface area contributed by atoms with Crippen LogP contribution < -0.4 is 0 Å². The van der Waals surface area contributed by atoms with Crippen molar-refractivity contribution in [3.63, 3.8) is 0 Å². The Kier molecular flexibility index (Phi) is 3.20. The van der Waals surface area contributed by atoms with Crippen LogP contribution in [0.5, 0.6) is 0 Å². The summed E-state index contributed by atoms with van der Waals surface area (Å²) in [5, 5.41) is 12.8. The first-order chi connectivity index (χ1) is 8.24. The Labute approximate surface area is 99.1 Å². The standard InChI is InChI=1S/C13H12FN3/c1-2-5-17-9-11(8-16-17)12-4-3-10(7-15)6-13(12)14/h3-4,6,8-9H,2,5H2,1H3. The summed E-state index contributed by atoms with van der Waals surface area (Å²) in [5.41, 5.74) is 1.54. The van der Waals surface area contributed by atoms with E-state index in [1.165, 1.54) is 6.07 Å². The third-order valence-electron chi connectivity index (χ3n) is 2.50. The van der Waals surface area contributed by atoms with Crippen LogP contribution in [0.15, 0.2) is 30.6 Å². The van der Waals surface area contributed by atoms with E-state index in [1.807, 2.05) is 12.3 Å². The van der Waals surface area contributed by atoms with Crippen LogP contribution in [0.25, 0.3) is 11.1 Å². The molecule has 4 heteroatoms. The Balaban J connectivity index is 2.36. The van der Waals surface area contributed by atoms with Crippen molar-refractivity contribution in [2.45, 2.75) is 19.9 Å². The highest BCUT2D eigenvalue weighted by Crippen LogP contribution is 2.23. The molecule has 0 saturated carbocycles. The largest absolute Gasteiger partial charge is 0.272 e. The molecule has 0 aliphatic heterocycles. The second kappa shape index (κ2) is 4.79. The molecule has 0 atom stereocenters. The second-order valence-electron chi connectivity index (χ2n) is 3.80. The summed E-state index contributed by atoms with van der Waals surface area (Å²) in [7, 11) is 0. The van der Waals surface area contributed by atoms with Crippen molar-refractivity contribution in [2.24, 2.45) is 0 Å². The van der Waals surface area contributed by atoms with Crippen LogP contribution in [0.2, 0.25) is 0 Å². The third kappa shape index (κ3) is 2.34. The van der Waals surface area contributed by atoms with Crippen LogP contribution in [-0.4, -0.2) is 9.78 Å². The Morgan fingerprint density at radius 2 is 2.29 bits per heavy atom. The first kappa shape index (κ1) is 11.3. The fraction of sp³-hybridized carbons (Fsp3) is 0.231. The number of aryl methyl sites for hydroxylation is 1. The average molecular weight is 229 g/mol. The molecule has 0 spiro atoms. The molecule has 86 valence electrons. The van der Waals surface area contributed by atoms with E-state index in [0.29, 0.717) is 11.1 Å². The molecule has 0 radical (unpaired) electrons. The number of benzene rings is 1. The lowest BCUT2D eigenvalue weighted by Gasteiger charge is -2.00. The maximum absolute atomic E-state index is 13.7. The number of halogens is 1. The molecule has 0 bridgehead atoms. The molecule has 2 rings (SSSR count). The molecule has 0 amide bonds. The number of nitriles is 1. The molecule has 1 aromatic carbocycles. The predicted octanol–water partition coefficient (Wildman–Crippen LogP) is 2.97. The maximum atomic E-state index is 13.7. The Hall–Kier alpha value is -2.15. The van der Waals surface area contributed by atoms with Crippen molar-refractivity contribution in [1.82, 2.24) is 9.78 Å². The van der Waals surface area contributed by atoms with Crippen molar-refractivity contribution in [2.75, 3.05) is 0 Å². The quantitative estimate of drug-likeness (QED) is 0.811. The predicted molar refractivity (Wildman–Crippen MR) is 62.6 cm³/mol. The molecule has 0 saturated heterocycles. The average Bonchev–Trinajstić information content (AvgIpc) is 2.78. The van der Waals surface area contributed by atoms with Gasteiger partial charge in [-0.25, -0.2) is 4.39 Å². The van der Waals surface area contributed by atoms with E-state index in [4.69, 9.17) is 5.26 Å². The van der Waals surface area contributed by atoms with Gasteiger partial charge in [0.15, 0.2) is 0 Å². The summed E-state index contributed by atoms with van der Waals surface area (Å²) in [4.78, 5) is 0. The van der Waals surface area contributed by atoms with E-state index in [-0.39, 0.29) is 5.82 Å². The maximum Gasteiger partial charge on any atom is 0.132 e. The van der Waals surface area contributed by atoms with E-state index in [1.54, 1.807) is 23.0 Å². The summed E-state index contributed by atoms with van der Waals surface area (Å²) in [6.45, 7) is 2.88. The van der Waals surface area contributed by atoms with Gasteiger partial charge < -0.3 is 0 Å². The van der Waals surface area contributed by atoms with Crippen molar-refractivity contribution < 1.29 is 4.39 Å². The number of hydrogen-bond acceptors (Lipinski definition) is 2. The molecule has 0 fully saturated rings. The first-order valence-corrected chi connectivity index (χ1v) is 5.47. The van der Waals surface area contributed by atoms with Crippen LogP contribution >= 0.6 is 0 Å². The highest BCUT2D eigenvalue weighted by molar-refractivity contribution is 5.63.